The number of aromatic carboxylic acids is 1. The summed E-state index contributed by atoms with van der Waals surface area (Å²) in [6.45, 7) is 1.75. The lowest BCUT2D eigenvalue weighted by Crippen LogP contribution is -2.25. The summed E-state index contributed by atoms with van der Waals surface area (Å²) in [5.74, 6) is -1.64. The Balaban J connectivity index is 1.88. The van der Waals surface area contributed by atoms with Crippen molar-refractivity contribution < 1.29 is 14.3 Å². The van der Waals surface area contributed by atoms with Crippen LogP contribution in [0.5, 0.6) is 0 Å². The Morgan fingerprint density at radius 1 is 1.32 bits per heavy atom. The van der Waals surface area contributed by atoms with E-state index in [0.29, 0.717) is 25.3 Å². The van der Waals surface area contributed by atoms with Crippen molar-refractivity contribution >= 4 is 33.6 Å². The van der Waals surface area contributed by atoms with Gasteiger partial charge in [-0.1, -0.05) is 0 Å². The molecule has 0 spiro atoms. The van der Waals surface area contributed by atoms with E-state index < -0.39 is 17.2 Å². The maximum Gasteiger partial charge on any atom is 0.341 e. The van der Waals surface area contributed by atoms with Gasteiger partial charge in [0.15, 0.2) is 5.82 Å². The molecule has 0 radical (unpaired) electrons. The smallest absolute Gasteiger partial charge is 0.341 e. The highest BCUT2D eigenvalue weighted by Gasteiger charge is 2.34. The highest BCUT2D eigenvalue weighted by atomic mass is 19.1. The molecule has 1 atom stereocenters. The first-order valence-electron chi connectivity index (χ1n) is 9.30. The Morgan fingerprint density at radius 2 is 2.07 bits per heavy atom. The first-order chi connectivity index (χ1) is 13.5. The number of aromatic nitrogens is 4. The molecule has 1 saturated heterocycles. The monoisotopic (exact) mass is 386 g/mol. The van der Waals surface area contributed by atoms with Crippen LogP contribution in [0.25, 0.3) is 21.9 Å². The van der Waals surface area contributed by atoms with Crippen molar-refractivity contribution in [3.05, 3.63) is 27.8 Å². The molecule has 2 aliphatic rings. The predicted molar refractivity (Wildman–Crippen MR) is 100 cm³/mol. The average Bonchev–Trinajstić information content (AvgIpc) is 3.21. The lowest BCUT2D eigenvalue weighted by atomic mass is 10.1. The third kappa shape index (κ3) is 2.34. The van der Waals surface area contributed by atoms with Gasteiger partial charge in [-0.25, -0.2) is 9.18 Å². The zero-order chi connectivity index (χ0) is 19.6. The number of hydrogen-bond donors (Lipinski definition) is 3. The van der Waals surface area contributed by atoms with E-state index in [4.69, 9.17) is 5.73 Å². The Kier molecular flexibility index (Phi) is 3.66. The van der Waals surface area contributed by atoms with E-state index in [9.17, 15) is 14.7 Å². The number of carbonyl (C=O) groups is 1. The summed E-state index contributed by atoms with van der Waals surface area (Å²) in [5.41, 5.74) is 5.48. The number of anilines is 1. The van der Waals surface area contributed by atoms with Crippen molar-refractivity contribution in [2.24, 2.45) is 11.7 Å². The number of benzene rings is 1. The van der Waals surface area contributed by atoms with Crippen molar-refractivity contribution in [3.8, 4) is 0 Å². The molecule has 10 heteroatoms. The third-order valence-corrected chi connectivity index (χ3v) is 5.77. The number of nitrogens with two attached hydrogens (primary N) is 1. The quantitative estimate of drug-likeness (QED) is 0.615. The van der Waals surface area contributed by atoms with Gasteiger partial charge in [0.05, 0.1) is 10.9 Å². The van der Waals surface area contributed by atoms with Crippen LogP contribution < -0.4 is 16.1 Å². The van der Waals surface area contributed by atoms with Crippen LogP contribution in [-0.2, 0) is 0 Å². The molecule has 4 N–H and O–H groups in total. The molecule has 1 unspecified atom stereocenters. The second kappa shape index (κ2) is 5.99. The normalized spacial score (nSPS) is 19.8. The molecule has 2 fully saturated rings. The number of aromatic amines is 1. The summed E-state index contributed by atoms with van der Waals surface area (Å²) < 4.78 is 17.4. The van der Waals surface area contributed by atoms with Crippen molar-refractivity contribution in [2.75, 3.05) is 24.5 Å². The molecule has 3 aromatic rings. The highest BCUT2D eigenvalue weighted by molar-refractivity contribution is 6.10. The Morgan fingerprint density at radius 3 is 2.71 bits per heavy atom. The highest BCUT2D eigenvalue weighted by Crippen LogP contribution is 2.42. The Labute approximate surface area is 157 Å². The van der Waals surface area contributed by atoms with E-state index in [1.165, 1.54) is 6.20 Å². The van der Waals surface area contributed by atoms with Gasteiger partial charge in [0, 0.05) is 25.3 Å². The van der Waals surface area contributed by atoms with Crippen molar-refractivity contribution in [1.29, 1.82) is 0 Å². The Bertz CT molecular complexity index is 1180. The molecule has 1 aliphatic heterocycles. The summed E-state index contributed by atoms with van der Waals surface area (Å²) >= 11 is 0. The summed E-state index contributed by atoms with van der Waals surface area (Å²) in [6.07, 6.45) is 3.72. The van der Waals surface area contributed by atoms with Gasteiger partial charge in [-0.3, -0.25) is 4.79 Å². The van der Waals surface area contributed by atoms with Crippen LogP contribution in [-0.4, -0.2) is 50.7 Å². The number of pyridine rings is 1. The van der Waals surface area contributed by atoms with Gasteiger partial charge in [0.25, 0.3) is 0 Å². The van der Waals surface area contributed by atoms with Crippen LogP contribution in [0.3, 0.4) is 0 Å². The lowest BCUT2D eigenvalue weighted by molar-refractivity contribution is 0.0695. The Hall–Kier alpha value is -3.01. The molecule has 146 valence electrons. The molecule has 0 amide bonds. The number of H-pyrrole nitrogens is 1. The molecule has 0 bridgehead atoms. The van der Waals surface area contributed by atoms with Gasteiger partial charge < -0.3 is 20.3 Å². The minimum absolute atomic E-state index is 0.0248. The number of rotatable bonds is 4. The number of fused-ring (bicyclic) bond motifs is 3. The molecule has 3 heterocycles. The minimum atomic E-state index is -1.34. The topological polar surface area (TPSA) is 130 Å². The van der Waals surface area contributed by atoms with Crippen molar-refractivity contribution in [3.63, 3.8) is 0 Å². The van der Waals surface area contributed by atoms with E-state index in [1.54, 1.807) is 4.57 Å². The molecule has 28 heavy (non-hydrogen) atoms. The number of nitrogens with zero attached hydrogens (tertiary/aromatic N) is 4. The van der Waals surface area contributed by atoms with Gasteiger partial charge in [-0.05, 0) is 31.7 Å². The molecular formula is C18H19FN6O3. The first-order valence-corrected chi connectivity index (χ1v) is 9.30. The maximum absolute atomic E-state index is 15.9. The maximum atomic E-state index is 15.9. The van der Waals surface area contributed by atoms with Gasteiger partial charge in [0.2, 0.25) is 5.43 Å². The SMILES string of the molecule is NCC1CCN(c2c(F)c3c(c(=O)c(C(=O)O)cn3C3CC3)c3n[nH]nc23)C1. The molecule has 1 saturated carbocycles. The number of carboxylic acid groups (broad SMARTS) is 1. The third-order valence-electron chi connectivity index (χ3n) is 5.77. The van der Waals surface area contributed by atoms with Crippen LogP contribution in [0.2, 0.25) is 0 Å². The van der Waals surface area contributed by atoms with Gasteiger partial charge >= 0.3 is 5.97 Å². The fraction of sp³-hybridized carbons (Fsp3) is 0.444. The van der Waals surface area contributed by atoms with Crippen molar-refractivity contribution in [1.82, 2.24) is 20.0 Å². The second-order valence-corrected chi connectivity index (χ2v) is 7.56. The predicted octanol–water partition coefficient (Wildman–Crippen LogP) is 1.23. The number of halogens is 1. The summed E-state index contributed by atoms with van der Waals surface area (Å²) in [6, 6.07) is -0.0248. The molecular weight excluding hydrogens is 367 g/mol. The standard InChI is InChI=1S/C18H19FN6O3/c19-12-15-11(17(26)10(18(27)28)7-25(15)9-1-2-9)13-14(22-23-21-13)16(12)24-4-3-8(5-20)6-24/h7-9H,1-6,20H2,(H,27,28)(H,21,22,23). The van der Waals surface area contributed by atoms with Gasteiger partial charge in [-0.2, -0.15) is 15.4 Å². The second-order valence-electron chi connectivity index (χ2n) is 7.56. The fourth-order valence-electron chi connectivity index (χ4n) is 4.17. The summed E-state index contributed by atoms with van der Waals surface area (Å²) in [7, 11) is 0. The number of nitrogens with one attached hydrogen (secondary N) is 1. The molecule has 2 aromatic heterocycles. The van der Waals surface area contributed by atoms with Gasteiger partial charge in [0.1, 0.15) is 22.3 Å². The molecule has 1 aliphatic carbocycles. The van der Waals surface area contributed by atoms with Crippen LogP contribution in [0.4, 0.5) is 10.1 Å². The summed E-state index contributed by atoms with van der Waals surface area (Å²) in [4.78, 5) is 26.4. The van der Waals surface area contributed by atoms with Crippen LogP contribution >= 0.6 is 0 Å². The molecule has 1 aromatic carbocycles. The molecule has 9 nitrogen and oxygen atoms in total. The average molecular weight is 386 g/mol. The number of hydrogen-bond acceptors (Lipinski definition) is 6. The van der Waals surface area contributed by atoms with Gasteiger partial charge in [-0.15, -0.1) is 0 Å². The summed E-state index contributed by atoms with van der Waals surface area (Å²) in [5, 5.41) is 20.1. The number of carboxylic acids is 1. The first kappa shape index (κ1) is 17.1. The van der Waals surface area contributed by atoms with E-state index in [1.807, 2.05) is 4.90 Å². The van der Waals surface area contributed by atoms with Crippen LogP contribution in [0.1, 0.15) is 35.7 Å². The lowest BCUT2D eigenvalue weighted by Gasteiger charge is -2.22. The van der Waals surface area contributed by atoms with Crippen LogP contribution in [0.15, 0.2) is 11.0 Å². The zero-order valence-corrected chi connectivity index (χ0v) is 15.0. The van der Waals surface area contributed by atoms with E-state index in [2.05, 4.69) is 15.4 Å². The van der Waals surface area contributed by atoms with Crippen molar-refractivity contribution in [2.45, 2.75) is 25.3 Å². The van der Waals surface area contributed by atoms with E-state index in [-0.39, 0.29) is 39.5 Å². The minimum Gasteiger partial charge on any atom is -0.477 e. The van der Waals surface area contributed by atoms with E-state index >= 15 is 4.39 Å². The fourth-order valence-corrected chi connectivity index (χ4v) is 4.17. The largest absolute Gasteiger partial charge is 0.477 e. The van der Waals surface area contributed by atoms with Crippen LogP contribution in [0, 0.1) is 11.7 Å². The zero-order valence-electron chi connectivity index (χ0n) is 15.0. The van der Waals surface area contributed by atoms with E-state index in [0.717, 1.165) is 19.3 Å². The molecule has 5 rings (SSSR count).